The molecule has 82 valence electrons. The van der Waals surface area contributed by atoms with E-state index < -0.39 is 0 Å². The van der Waals surface area contributed by atoms with Gasteiger partial charge in [-0.05, 0) is 28.1 Å². The van der Waals surface area contributed by atoms with Crippen LogP contribution >= 0.6 is 27.7 Å². The highest BCUT2D eigenvalue weighted by molar-refractivity contribution is 9.10. The highest BCUT2D eigenvalue weighted by atomic mass is 79.9. The third kappa shape index (κ3) is 3.20. The molecule has 1 fully saturated rings. The number of hydrogen-bond donors (Lipinski definition) is 1. The molecule has 0 aromatic heterocycles. The lowest BCUT2D eigenvalue weighted by molar-refractivity contribution is -0.910. The van der Waals surface area contributed by atoms with Gasteiger partial charge in [0.1, 0.15) is 12.4 Å². The fourth-order valence-electron chi connectivity index (χ4n) is 1.78. The molecule has 1 aliphatic rings. The van der Waals surface area contributed by atoms with Crippen LogP contribution in [0.15, 0.2) is 22.7 Å². The fraction of sp³-hybridized carbons (Fsp3) is 0.455. The molecule has 0 unspecified atom stereocenters. The normalized spacial score (nSPS) is 18.0. The van der Waals surface area contributed by atoms with Crippen molar-refractivity contribution in [3.63, 3.8) is 0 Å². The minimum absolute atomic E-state index is 0.178. The summed E-state index contributed by atoms with van der Waals surface area (Å²) in [6.45, 7) is 3.46. The van der Waals surface area contributed by atoms with Crippen molar-refractivity contribution in [3.8, 4) is 0 Å². The third-order valence-corrected chi connectivity index (χ3v) is 4.23. The smallest absolute Gasteiger partial charge is 0.137 e. The molecule has 2 rings (SSSR count). The monoisotopic (exact) mass is 290 g/mol. The Morgan fingerprint density at radius 3 is 2.73 bits per heavy atom. The topological polar surface area (TPSA) is 4.44 Å². The first-order valence-electron chi connectivity index (χ1n) is 5.11. The Morgan fingerprint density at radius 1 is 1.33 bits per heavy atom. The zero-order chi connectivity index (χ0) is 10.7. The molecular formula is C11H14BrFNS+. The predicted molar refractivity (Wildman–Crippen MR) is 65.8 cm³/mol. The second kappa shape index (κ2) is 5.32. The van der Waals surface area contributed by atoms with Gasteiger partial charge >= 0.3 is 0 Å². The van der Waals surface area contributed by atoms with E-state index in [9.17, 15) is 4.39 Å². The SMILES string of the molecule is Fc1ccc(C[NH+]2CCSCC2)cc1Br. The molecule has 0 spiro atoms. The van der Waals surface area contributed by atoms with Crippen LogP contribution in [0.25, 0.3) is 0 Å². The van der Waals surface area contributed by atoms with Crippen molar-refractivity contribution in [1.82, 2.24) is 0 Å². The molecule has 0 atom stereocenters. The molecule has 1 aromatic carbocycles. The van der Waals surface area contributed by atoms with Crippen molar-refractivity contribution in [2.24, 2.45) is 0 Å². The quantitative estimate of drug-likeness (QED) is 0.869. The molecular weight excluding hydrogens is 277 g/mol. The van der Waals surface area contributed by atoms with Crippen LogP contribution in [0.1, 0.15) is 5.56 Å². The first-order valence-corrected chi connectivity index (χ1v) is 7.06. The van der Waals surface area contributed by atoms with Gasteiger partial charge in [0.25, 0.3) is 0 Å². The molecule has 0 aliphatic carbocycles. The van der Waals surface area contributed by atoms with Crippen LogP contribution in [-0.2, 0) is 6.54 Å². The Labute approximate surface area is 102 Å². The van der Waals surface area contributed by atoms with Crippen molar-refractivity contribution in [2.45, 2.75) is 6.54 Å². The van der Waals surface area contributed by atoms with E-state index in [0.29, 0.717) is 4.47 Å². The summed E-state index contributed by atoms with van der Waals surface area (Å²) >= 11 is 5.25. The summed E-state index contributed by atoms with van der Waals surface area (Å²) in [6.07, 6.45) is 0. The van der Waals surface area contributed by atoms with E-state index in [-0.39, 0.29) is 5.82 Å². The Morgan fingerprint density at radius 2 is 2.07 bits per heavy atom. The summed E-state index contributed by atoms with van der Waals surface area (Å²) in [4.78, 5) is 1.60. The maximum atomic E-state index is 13.0. The second-order valence-corrected chi connectivity index (χ2v) is 5.87. The van der Waals surface area contributed by atoms with Gasteiger partial charge in [0.05, 0.1) is 17.6 Å². The molecule has 1 nitrogen and oxygen atoms in total. The second-order valence-electron chi connectivity index (χ2n) is 3.79. The summed E-state index contributed by atoms with van der Waals surface area (Å²) in [7, 11) is 0. The van der Waals surface area contributed by atoms with E-state index in [1.165, 1.54) is 36.2 Å². The number of thioether (sulfide) groups is 1. The lowest BCUT2D eigenvalue weighted by atomic mass is 10.2. The zero-order valence-electron chi connectivity index (χ0n) is 8.43. The predicted octanol–water partition coefficient (Wildman–Crippen LogP) is 1.72. The standard InChI is InChI=1S/C11H13BrFNS/c12-10-7-9(1-2-11(10)13)8-14-3-5-15-6-4-14/h1-2,7H,3-6,8H2/p+1. The van der Waals surface area contributed by atoms with Crippen molar-refractivity contribution in [3.05, 3.63) is 34.1 Å². The number of hydrogen-bond acceptors (Lipinski definition) is 1. The van der Waals surface area contributed by atoms with Gasteiger partial charge in [-0.2, -0.15) is 11.8 Å². The molecule has 0 amide bonds. The van der Waals surface area contributed by atoms with Crippen LogP contribution in [0.5, 0.6) is 0 Å². The summed E-state index contributed by atoms with van der Waals surface area (Å²) in [6, 6.07) is 5.32. The molecule has 1 aromatic rings. The molecule has 4 heteroatoms. The van der Waals surface area contributed by atoms with Crippen LogP contribution < -0.4 is 4.90 Å². The van der Waals surface area contributed by atoms with Gasteiger partial charge in [-0.1, -0.05) is 6.07 Å². The highest BCUT2D eigenvalue weighted by Crippen LogP contribution is 2.16. The van der Waals surface area contributed by atoms with Crippen LogP contribution in [0, 0.1) is 5.82 Å². The van der Waals surface area contributed by atoms with Crippen LogP contribution in [0.3, 0.4) is 0 Å². The average Bonchev–Trinajstić information content (AvgIpc) is 2.25. The minimum Gasteiger partial charge on any atom is -0.330 e. The molecule has 1 saturated heterocycles. The molecule has 15 heavy (non-hydrogen) atoms. The first-order chi connectivity index (χ1) is 7.25. The van der Waals surface area contributed by atoms with Gasteiger partial charge in [0.15, 0.2) is 0 Å². The molecule has 1 heterocycles. The van der Waals surface area contributed by atoms with Crippen molar-refractivity contribution in [2.75, 3.05) is 24.6 Å². The van der Waals surface area contributed by atoms with Gasteiger partial charge in [0, 0.05) is 17.1 Å². The van der Waals surface area contributed by atoms with E-state index in [1.54, 1.807) is 4.90 Å². The summed E-state index contributed by atoms with van der Waals surface area (Å²) < 4.78 is 13.6. The van der Waals surface area contributed by atoms with Crippen molar-refractivity contribution >= 4 is 27.7 Å². The Kier molecular flexibility index (Phi) is 4.05. The van der Waals surface area contributed by atoms with Gasteiger partial charge in [-0.3, -0.25) is 0 Å². The Balaban J connectivity index is 2.00. The Hall–Kier alpha value is -0.0600. The highest BCUT2D eigenvalue weighted by Gasteiger charge is 2.14. The molecule has 1 aliphatic heterocycles. The van der Waals surface area contributed by atoms with E-state index >= 15 is 0 Å². The minimum atomic E-state index is -0.178. The number of nitrogens with one attached hydrogen (secondary N) is 1. The van der Waals surface area contributed by atoms with Gasteiger partial charge < -0.3 is 4.90 Å². The molecule has 0 saturated carbocycles. The zero-order valence-corrected chi connectivity index (χ0v) is 10.8. The van der Waals surface area contributed by atoms with Crippen molar-refractivity contribution in [1.29, 1.82) is 0 Å². The number of halogens is 2. The maximum absolute atomic E-state index is 13.0. The van der Waals surface area contributed by atoms with Gasteiger partial charge in [-0.15, -0.1) is 0 Å². The first kappa shape index (κ1) is 11.4. The number of rotatable bonds is 2. The maximum Gasteiger partial charge on any atom is 0.137 e. The molecule has 0 radical (unpaired) electrons. The van der Waals surface area contributed by atoms with Gasteiger partial charge in [-0.25, -0.2) is 4.39 Å². The summed E-state index contributed by atoms with van der Waals surface area (Å²) in [5.74, 6) is 2.32. The fourth-order valence-corrected chi connectivity index (χ4v) is 3.27. The van der Waals surface area contributed by atoms with Crippen LogP contribution in [0.4, 0.5) is 4.39 Å². The van der Waals surface area contributed by atoms with E-state index in [2.05, 4.69) is 15.9 Å². The molecule has 1 N–H and O–H groups in total. The lowest BCUT2D eigenvalue weighted by Crippen LogP contribution is -3.12. The summed E-state index contributed by atoms with van der Waals surface area (Å²) in [5, 5.41) is 0. The molecule has 0 bridgehead atoms. The van der Waals surface area contributed by atoms with Crippen LogP contribution in [-0.4, -0.2) is 24.6 Å². The van der Waals surface area contributed by atoms with Crippen molar-refractivity contribution < 1.29 is 9.29 Å². The Bertz CT molecular complexity index is 339. The van der Waals surface area contributed by atoms with E-state index in [0.717, 1.165) is 6.54 Å². The van der Waals surface area contributed by atoms with E-state index in [4.69, 9.17) is 0 Å². The number of benzene rings is 1. The number of quaternary nitrogens is 1. The lowest BCUT2D eigenvalue weighted by Gasteiger charge is -2.23. The van der Waals surface area contributed by atoms with Gasteiger partial charge in [0.2, 0.25) is 0 Å². The summed E-state index contributed by atoms with van der Waals surface area (Å²) in [5.41, 5.74) is 1.21. The third-order valence-electron chi connectivity index (χ3n) is 2.64. The average molecular weight is 291 g/mol. The van der Waals surface area contributed by atoms with E-state index in [1.807, 2.05) is 23.9 Å². The van der Waals surface area contributed by atoms with Crippen LogP contribution in [0.2, 0.25) is 0 Å². The largest absolute Gasteiger partial charge is 0.330 e.